The van der Waals surface area contributed by atoms with Crippen molar-refractivity contribution in [3.8, 4) is 0 Å². The molecule has 0 unspecified atom stereocenters. The summed E-state index contributed by atoms with van der Waals surface area (Å²) < 4.78 is 37.3. The molecule has 2 nitrogen and oxygen atoms in total. The first-order chi connectivity index (χ1) is 7.73. The highest BCUT2D eigenvalue weighted by atomic mass is 35.5. The van der Waals surface area contributed by atoms with Gasteiger partial charge in [0, 0.05) is 0 Å². The summed E-state index contributed by atoms with van der Waals surface area (Å²) in [5.74, 6) is -1.21. The van der Waals surface area contributed by atoms with Crippen LogP contribution in [0.4, 0.5) is 13.2 Å². The molecule has 0 saturated carbocycles. The summed E-state index contributed by atoms with van der Waals surface area (Å²) in [5.41, 5.74) is -0.267. The lowest BCUT2D eigenvalue weighted by molar-refractivity contribution is -0.144. The van der Waals surface area contributed by atoms with Gasteiger partial charge in [0.25, 0.3) is 0 Å². The SMILES string of the molecule is FC(F)(F)c1nc2c(Cl)c(Cl)c(Cl)c(Cl)c2[nH]1. The number of aromatic nitrogens is 2. The van der Waals surface area contributed by atoms with Gasteiger partial charge in [-0.15, -0.1) is 0 Å². The van der Waals surface area contributed by atoms with Crippen molar-refractivity contribution in [3.63, 3.8) is 0 Å². The molecule has 1 aromatic carbocycles. The van der Waals surface area contributed by atoms with Crippen molar-refractivity contribution < 1.29 is 13.2 Å². The van der Waals surface area contributed by atoms with Gasteiger partial charge in [0.1, 0.15) is 5.52 Å². The van der Waals surface area contributed by atoms with Crippen molar-refractivity contribution in [2.45, 2.75) is 6.18 Å². The number of imidazole rings is 1. The van der Waals surface area contributed by atoms with E-state index in [4.69, 9.17) is 46.4 Å². The zero-order chi connectivity index (χ0) is 13.0. The highest BCUT2D eigenvalue weighted by Gasteiger charge is 2.36. The van der Waals surface area contributed by atoms with Crippen LogP contribution in [0, 0.1) is 0 Å². The minimum absolute atomic E-state index is 0.0987. The predicted octanol–water partition coefficient (Wildman–Crippen LogP) is 5.20. The summed E-state index contributed by atoms with van der Waals surface area (Å²) in [5, 5.41) is -0.587. The zero-order valence-corrected chi connectivity index (χ0v) is 10.6. The monoisotopic (exact) mass is 322 g/mol. The maximum Gasteiger partial charge on any atom is 0.449 e. The molecule has 2 aromatic rings. The normalized spacial score (nSPS) is 12.4. The van der Waals surface area contributed by atoms with E-state index in [2.05, 4.69) is 4.98 Å². The van der Waals surface area contributed by atoms with Gasteiger partial charge in [0.2, 0.25) is 5.82 Å². The Kier molecular flexibility index (Phi) is 3.14. The summed E-state index contributed by atoms with van der Waals surface area (Å²) in [6.45, 7) is 0. The van der Waals surface area contributed by atoms with E-state index in [1.165, 1.54) is 0 Å². The Morgan fingerprint density at radius 2 is 1.41 bits per heavy atom. The third kappa shape index (κ3) is 2.05. The molecule has 1 aromatic heterocycles. The molecule has 2 rings (SSSR count). The van der Waals surface area contributed by atoms with E-state index in [0.717, 1.165) is 0 Å². The first-order valence-electron chi connectivity index (χ1n) is 4.02. The Labute approximate surface area is 113 Å². The smallest absolute Gasteiger partial charge is 0.333 e. The molecule has 0 radical (unpaired) electrons. The second-order valence-corrected chi connectivity index (χ2v) is 4.57. The number of benzene rings is 1. The maximum absolute atomic E-state index is 12.4. The number of hydrogen-bond acceptors (Lipinski definition) is 1. The van der Waals surface area contributed by atoms with E-state index < -0.39 is 12.0 Å². The maximum atomic E-state index is 12.4. The Balaban J connectivity index is 2.86. The van der Waals surface area contributed by atoms with Crippen LogP contribution in [0.15, 0.2) is 0 Å². The molecule has 0 saturated heterocycles. The van der Waals surface area contributed by atoms with Gasteiger partial charge in [0.05, 0.1) is 25.6 Å². The number of fused-ring (bicyclic) bond motifs is 1. The molecular weight excluding hydrogens is 323 g/mol. The molecule has 0 amide bonds. The Morgan fingerprint density at radius 3 is 1.94 bits per heavy atom. The molecule has 1 N–H and O–H groups in total. The lowest BCUT2D eigenvalue weighted by atomic mass is 10.3. The number of hydrogen-bond donors (Lipinski definition) is 1. The Morgan fingerprint density at radius 1 is 0.882 bits per heavy atom. The molecule has 9 heteroatoms. The van der Waals surface area contributed by atoms with Gasteiger partial charge in [-0.1, -0.05) is 46.4 Å². The van der Waals surface area contributed by atoms with Crippen LogP contribution >= 0.6 is 46.4 Å². The predicted molar refractivity (Wildman–Crippen MR) is 61.1 cm³/mol. The van der Waals surface area contributed by atoms with Gasteiger partial charge in [0.15, 0.2) is 0 Å². The Hall–Kier alpha value is -0.360. The highest BCUT2D eigenvalue weighted by molar-refractivity contribution is 6.54. The van der Waals surface area contributed by atoms with Crippen LogP contribution in [0.3, 0.4) is 0 Å². The third-order valence-corrected chi connectivity index (χ3v) is 3.77. The first kappa shape index (κ1) is 13.1. The number of rotatable bonds is 0. The second kappa shape index (κ2) is 4.09. The lowest BCUT2D eigenvalue weighted by Gasteiger charge is -2.02. The molecular formula is C8HCl4F3N2. The summed E-state index contributed by atoms with van der Waals surface area (Å²) in [6.07, 6.45) is -4.63. The van der Waals surface area contributed by atoms with Crippen LogP contribution in [0.1, 0.15) is 5.82 Å². The summed E-state index contributed by atoms with van der Waals surface area (Å²) in [4.78, 5) is 5.32. The van der Waals surface area contributed by atoms with E-state index in [0.29, 0.717) is 0 Å². The van der Waals surface area contributed by atoms with Crippen LogP contribution in [0.25, 0.3) is 11.0 Å². The number of aromatic amines is 1. The molecule has 0 aliphatic heterocycles. The van der Waals surface area contributed by atoms with Gasteiger partial charge in [-0.05, 0) is 0 Å². The van der Waals surface area contributed by atoms with E-state index >= 15 is 0 Å². The van der Waals surface area contributed by atoms with Crippen LogP contribution in [0.2, 0.25) is 20.1 Å². The quantitative estimate of drug-likeness (QED) is 0.524. The van der Waals surface area contributed by atoms with E-state index in [1.807, 2.05) is 4.98 Å². The highest BCUT2D eigenvalue weighted by Crippen LogP contribution is 2.43. The van der Waals surface area contributed by atoms with Crippen LogP contribution < -0.4 is 0 Å². The average Bonchev–Trinajstić information content (AvgIpc) is 2.67. The van der Waals surface area contributed by atoms with Crippen molar-refractivity contribution in [3.05, 3.63) is 25.9 Å². The molecule has 0 atom stereocenters. The molecule has 17 heavy (non-hydrogen) atoms. The number of alkyl halides is 3. The Bertz CT molecular complexity index is 560. The number of nitrogens with one attached hydrogen (secondary N) is 1. The molecule has 1 heterocycles. The fourth-order valence-corrected chi connectivity index (χ4v) is 2.16. The number of H-pyrrole nitrogens is 1. The lowest BCUT2D eigenvalue weighted by Crippen LogP contribution is -2.06. The molecule has 92 valence electrons. The van der Waals surface area contributed by atoms with Gasteiger partial charge in [-0.2, -0.15) is 13.2 Å². The van der Waals surface area contributed by atoms with Gasteiger partial charge in [-0.25, -0.2) is 4.98 Å². The minimum Gasteiger partial charge on any atom is -0.333 e. The van der Waals surface area contributed by atoms with Crippen molar-refractivity contribution in [1.29, 1.82) is 0 Å². The van der Waals surface area contributed by atoms with Gasteiger partial charge >= 0.3 is 6.18 Å². The van der Waals surface area contributed by atoms with Crippen molar-refractivity contribution in [1.82, 2.24) is 9.97 Å². The van der Waals surface area contributed by atoms with E-state index in [1.54, 1.807) is 0 Å². The largest absolute Gasteiger partial charge is 0.449 e. The topological polar surface area (TPSA) is 28.7 Å². The van der Waals surface area contributed by atoms with Crippen molar-refractivity contribution in [2.24, 2.45) is 0 Å². The minimum atomic E-state index is -4.63. The summed E-state index contributed by atoms with van der Waals surface area (Å²) in [7, 11) is 0. The van der Waals surface area contributed by atoms with Gasteiger partial charge < -0.3 is 4.98 Å². The zero-order valence-electron chi connectivity index (χ0n) is 7.59. The fraction of sp³-hybridized carbons (Fsp3) is 0.125. The fourth-order valence-electron chi connectivity index (χ4n) is 1.23. The standard InChI is InChI=1S/C8HCl4F3N2/c9-1-2(10)4(12)6-5(3(1)11)16-7(17-6)8(13,14)15/h(H,16,17). The molecule has 0 aliphatic rings. The van der Waals surface area contributed by atoms with Gasteiger partial charge in [-0.3, -0.25) is 0 Å². The molecule has 0 fully saturated rings. The van der Waals surface area contributed by atoms with Crippen LogP contribution in [-0.4, -0.2) is 9.97 Å². The molecule has 0 spiro atoms. The molecule has 0 bridgehead atoms. The average molecular weight is 324 g/mol. The van der Waals surface area contributed by atoms with Crippen LogP contribution in [0.5, 0.6) is 0 Å². The number of halogens is 7. The van der Waals surface area contributed by atoms with Crippen molar-refractivity contribution in [2.75, 3.05) is 0 Å². The third-order valence-electron chi connectivity index (χ3n) is 1.98. The molecule has 0 aliphatic carbocycles. The second-order valence-electron chi connectivity index (χ2n) is 3.06. The number of nitrogens with zero attached hydrogens (tertiary/aromatic N) is 1. The first-order valence-corrected chi connectivity index (χ1v) is 5.53. The van der Waals surface area contributed by atoms with Crippen molar-refractivity contribution >= 4 is 57.4 Å². The van der Waals surface area contributed by atoms with E-state index in [9.17, 15) is 13.2 Å². The summed E-state index contributed by atoms with van der Waals surface area (Å²) >= 11 is 22.9. The summed E-state index contributed by atoms with van der Waals surface area (Å²) in [6, 6.07) is 0. The van der Waals surface area contributed by atoms with E-state index in [-0.39, 0.29) is 31.1 Å². The van der Waals surface area contributed by atoms with Crippen LogP contribution in [-0.2, 0) is 6.18 Å².